The van der Waals surface area contributed by atoms with Crippen LogP contribution in [0.2, 0.25) is 0 Å². The third-order valence-corrected chi connectivity index (χ3v) is 5.41. The molecule has 0 aliphatic carbocycles. The lowest BCUT2D eigenvalue weighted by Crippen LogP contribution is -2.31. The Bertz CT molecular complexity index is 1440. The molecule has 0 amide bonds. The number of esters is 1. The van der Waals surface area contributed by atoms with Gasteiger partial charge in [-0.3, -0.25) is 14.6 Å². The van der Waals surface area contributed by atoms with Gasteiger partial charge in [-0.05, 0) is 55.7 Å². The van der Waals surface area contributed by atoms with Gasteiger partial charge in [0.05, 0.1) is 19.1 Å². The zero-order valence-electron chi connectivity index (χ0n) is 18.2. The van der Waals surface area contributed by atoms with Crippen molar-refractivity contribution < 1.29 is 14.3 Å². The number of nitrogens with one attached hydrogen (secondary N) is 1. The van der Waals surface area contributed by atoms with Gasteiger partial charge in [0.2, 0.25) is 0 Å². The first-order valence-corrected chi connectivity index (χ1v) is 10.3. The summed E-state index contributed by atoms with van der Waals surface area (Å²) in [4.78, 5) is 30.5. The van der Waals surface area contributed by atoms with E-state index in [-0.39, 0.29) is 28.6 Å². The fourth-order valence-electron chi connectivity index (χ4n) is 3.71. The van der Waals surface area contributed by atoms with Gasteiger partial charge in [0.25, 0.3) is 5.56 Å². The first-order chi connectivity index (χ1) is 15.4. The summed E-state index contributed by atoms with van der Waals surface area (Å²) in [7, 11) is 1.61. The van der Waals surface area contributed by atoms with Crippen molar-refractivity contribution in [2.24, 2.45) is 0 Å². The number of aromatic nitrogens is 3. The molecule has 0 aliphatic rings. The molecule has 0 fully saturated rings. The van der Waals surface area contributed by atoms with Crippen LogP contribution in [0.25, 0.3) is 16.7 Å². The van der Waals surface area contributed by atoms with E-state index in [9.17, 15) is 9.59 Å². The highest BCUT2D eigenvalue weighted by Crippen LogP contribution is 2.15. The van der Waals surface area contributed by atoms with E-state index >= 15 is 0 Å². The van der Waals surface area contributed by atoms with E-state index < -0.39 is 5.97 Å². The fourth-order valence-corrected chi connectivity index (χ4v) is 3.71. The van der Waals surface area contributed by atoms with E-state index in [0.717, 1.165) is 16.9 Å². The second kappa shape index (κ2) is 8.66. The summed E-state index contributed by atoms with van der Waals surface area (Å²) in [5.41, 5.74) is 2.48. The SMILES string of the molecule is CCOC(=O)c1cc2c(=O)n3cccc(C)c3nc2n(CCc2ccc(OC)cc2)c1=N. The molecule has 0 radical (unpaired) electrons. The first-order valence-electron chi connectivity index (χ1n) is 10.3. The normalized spacial score (nSPS) is 11.1. The lowest BCUT2D eigenvalue weighted by molar-refractivity contribution is 0.0523. The quantitative estimate of drug-likeness (QED) is 0.373. The zero-order chi connectivity index (χ0) is 22.8. The number of aryl methyl sites for hydroxylation is 3. The maximum atomic E-state index is 13.3. The molecule has 3 heterocycles. The highest BCUT2D eigenvalue weighted by Gasteiger charge is 2.18. The van der Waals surface area contributed by atoms with Gasteiger partial charge in [-0.25, -0.2) is 9.78 Å². The Morgan fingerprint density at radius 1 is 1.16 bits per heavy atom. The van der Waals surface area contributed by atoms with Crippen LogP contribution < -0.4 is 15.8 Å². The van der Waals surface area contributed by atoms with Crippen LogP contribution in [0, 0.1) is 12.3 Å². The molecular formula is C24H24N4O4. The van der Waals surface area contributed by atoms with Gasteiger partial charge >= 0.3 is 5.97 Å². The number of methoxy groups -OCH3 is 1. The van der Waals surface area contributed by atoms with Gasteiger partial charge in [-0.1, -0.05) is 18.2 Å². The van der Waals surface area contributed by atoms with Crippen molar-refractivity contribution in [3.63, 3.8) is 0 Å². The molecule has 4 rings (SSSR count). The van der Waals surface area contributed by atoms with Crippen LogP contribution in [-0.2, 0) is 17.7 Å². The van der Waals surface area contributed by atoms with Crippen LogP contribution >= 0.6 is 0 Å². The second-order valence-electron chi connectivity index (χ2n) is 7.42. The van der Waals surface area contributed by atoms with E-state index in [2.05, 4.69) is 0 Å². The highest BCUT2D eigenvalue weighted by molar-refractivity contribution is 5.93. The van der Waals surface area contributed by atoms with Gasteiger partial charge in [-0.2, -0.15) is 0 Å². The first kappa shape index (κ1) is 21.3. The van der Waals surface area contributed by atoms with Crippen molar-refractivity contribution in [3.8, 4) is 5.75 Å². The number of hydrogen-bond acceptors (Lipinski definition) is 6. The van der Waals surface area contributed by atoms with Crippen LogP contribution in [0.15, 0.2) is 53.5 Å². The van der Waals surface area contributed by atoms with Crippen molar-refractivity contribution in [3.05, 3.63) is 81.2 Å². The molecule has 0 aliphatic heterocycles. The van der Waals surface area contributed by atoms with Crippen LogP contribution in [0.1, 0.15) is 28.4 Å². The Morgan fingerprint density at radius 3 is 2.59 bits per heavy atom. The van der Waals surface area contributed by atoms with Gasteiger partial charge in [0.1, 0.15) is 28.1 Å². The monoisotopic (exact) mass is 432 g/mol. The summed E-state index contributed by atoms with van der Waals surface area (Å²) >= 11 is 0. The average molecular weight is 432 g/mol. The average Bonchev–Trinajstić information content (AvgIpc) is 2.79. The number of fused-ring (bicyclic) bond motifs is 2. The lowest BCUT2D eigenvalue weighted by Gasteiger charge is -2.15. The number of carbonyl (C=O) groups is 1. The van der Waals surface area contributed by atoms with Crippen LogP contribution in [0.3, 0.4) is 0 Å². The Hall–Kier alpha value is -3.94. The molecule has 0 spiro atoms. The maximum Gasteiger partial charge on any atom is 0.341 e. The summed E-state index contributed by atoms with van der Waals surface area (Å²) in [6.45, 7) is 4.12. The molecule has 0 saturated carbocycles. The largest absolute Gasteiger partial charge is 0.497 e. The third kappa shape index (κ3) is 3.75. The van der Waals surface area contributed by atoms with Crippen molar-refractivity contribution in [1.82, 2.24) is 14.0 Å². The minimum absolute atomic E-state index is 0.0331. The smallest absolute Gasteiger partial charge is 0.341 e. The molecule has 0 unspecified atom stereocenters. The number of rotatable bonds is 6. The molecule has 8 heteroatoms. The molecule has 0 atom stereocenters. The summed E-state index contributed by atoms with van der Waals surface area (Å²) in [6, 6.07) is 12.7. The second-order valence-corrected chi connectivity index (χ2v) is 7.42. The van der Waals surface area contributed by atoms with E-state index in [0.29, 0.717) is 24.3 Å². The number of nitrogens with zero attached hydrogens (tertiary/aromatic N) is 3. The minimum atomic E-state index is -0.633. The van der Waals surface area contributed by atoms with Crippen molar-refractivity contribution >= 4 is 22.6 Å². The number of carbonyl (C=O) groups excluding carboxylic acids is 1. The van der Waals surface area contributed by atoms with Crippen LogP contribution in [0.4, 0.5) is 0 Å². The lowest BCUT2D eigenvalue weighted by atomic mass is 10.1. The topological polar surface area (TPSA) is 98.7 Å². The predicted molar refractivity (Wildman–Crippen MR) is 120 cm³/mol. The maximum absolute atomic E-state index is 13.3. The summed E-state index contributed by atoms with van der Waals surface area (Å²) in [5, 5.41) is 8.96. The Morgan fingerprint density at radius 2 is 1.91 bits per heavy atom. The third-order valence-electron chi connectivity index (χ3n) is 5.41. The van der Waals surface area contributed by atoms with Gasteiger partial charge < -0.3 is 14.0 Å². The zero-order valence-corrected chi connectivity index (χ0v) is 18.2. The van der Waals surface area contributed by atoms with Crippen molar-refractivity contribution in [2.75, 3.05) is 13.7 Å². The number of ether oxygens (including phenoxy) is 2. The number of pyridine rings is 2. The summed E-state index contributed by atoms with van der Waals surface area (Å²) in [6.07, 6.45) is 2.23. The minimum Gasteiger partial charge on any atom is -0.497 e. The molecule has 8 nitrogen and oxygen atoms in total. The highest BCUT2D eigenvalue weighted by atomic mass is 16.5. The molecule has 164 valence electrons. The molecule has 4 aromatic rings. The fraction of sp³-hybridized carbons (Fsp3) is 0.250. The molecule has 32 heavy (non-hydrogen) atoms. The Labute approximate surface area is 184 Å². The number of benzene rings is 1. The molecule has 0 saturated heterocycles. The van der Waals surface area contributed by atoms with E-state index in [1.807, 2.05) is 37.3 Å². The molecule has 0 bridgehead atoms. The predicted octanol–water partition coefficient (Wildman–Crippen LogP) is 2.87. The van der Waals surface area contributed by atoms with Gasteiger partial charge in [0, 0.05) is 12.7 Å². The van der Waals surface area contributed by atoms with Crippen LogP contribution in [0.5, 0.6) is 5.75 Å². The summed E-state index contributed by atoms with van der Waals surface area (Å²) < 4.78 is 13.4. The van der Waals surface area contributed by atoms with Gasteiger partial charge in [0.15, 0.2) is 0 Å². The van der Waals surface area contributed by atoms with E-state index in [4.69, 9.17) is 19.9 Å². The summed E-state index contributed by atoms with van der Waals surface area (Å²) in [5.74, 6) is 0.125. The Balaban J connectivity index is 1.92. The molecule has 3 aromatic heterocycles. The van der Waals surface area contributed by atoms with Crippen LogP contribution in [-0.4, -0.2) is 33.6 Å². The van der Waals surface area contributed by atoms with E-state index in [1.54, 1.807) is 30.9 Å². The van der Waals surface area contributed by atoms with Gasteiger partial charge in [-0.15, -0.1) is 0 Å². The van der Waals surface area contributed by atoms with E-state index in [1.165, 1.54) is 10.5 Å². The number of hydrogen-bond donors (Lipinski definition) is 1. The molecule has 1 N–H and O–H groups in total. The van der Waals surface area contributed by atoms with Crippen molar-refractivity contribution in [1.29, 1.82) is 5.41 Å². The molecule has 1 aromatic carbocycles. The van der Waals surface area contributed by atoms with Crippen molar-refractivity contribution in [2.45, 2.75) is 26.8 Å². The molecular weight excluding hydrogens is 408 g/mol. The standard InChI is InChI=1S/C24H24N4O4/c1-4-32-24(30)18-14-19-22(26-21-15(2)6-5-12-28(21)23(19)29)27(20(18)25)13-11-16-7-9-17(31-3)10-8-16/h5-10,12,14,25H,4,11,13H2,1-3H3. The Kier molecular flexibility index (Phi) is 5.77.